The maximum Gasteiger partial charge on any atom is 0.324 e. The van der Waals surface area contributed by atoms with Gasteiger partial charge in [-0.15, -0.1) is 0 Å². The van der Waals surface area contributed by atoms with Crippen LogP contribution in [0.5, 0.6) is 0 Å². The normalized spacial score (nSPS) is 17.6. The number of para-hydroxylation sites is 1. The number of carbonyl (C=O) groups excluding carboxylic acids is 3. The zero-order valence-corrected chi connectivity index (χ0v) is 17.1. The topological polar surface area (TPSA) is 115 Å². The number of nitrogens with one attached hydrogen (secondary N) is 3. The smallest absolute Gasteiger partial charge is 0.324 e. The molecule has 0 radical (unpaired) electrons. The quantitative estimate of drug-likeness (QED) is 0.434. The number of rotatable bonds is 10. The molecule has 1 aromatic heterocycles. The SMILES string of the molecule is CSCC[C@@H](CO)NC(=O)C[C@@H]1NC(=O)N(CCc2c[nH]c3ccccc23)C1=O. The van der Waals surface area contributed by atoms with Gasteiger partial charge in [-0.1, -0.05) is 18.2 Å². The first-order valence-corrected chi connectivity index (χ1v) is 11.0. The van der Waals surface area contributed by atoms with Gasteiger partial charge in [0.1, 0.15) is 6.04 Å². The third kappa shape index (κ3) is 5.10. The third-order valence-corrected chi connectivity index (χ3v) is 5.68. The van der Waals surface area contributed by atoms with Crippen molar-refractivity contribution in [3.8, 4) is 0 Å². The van der Waals surface area contributed by atoms with Crippen molar-refractivity contribution < 1.29 is 19.5 Å². The molecule has 0 bridgehead atoms. The molecule has 1 aliphatic rings. The Morgan fingerprint density at radius 1 is 1.34 bits per heavy atom. The first-order chi connectivity index (χ1) is 14.0. The van der Waals surface area contributed by atoms with Crippen LogP contribution in [-0.2, 0) is 16.0 Å². The Kier molecular flexibility index (Phi) is 7.16. The van der Waals surface area contributed by atoms with E-state index in [4.69, 9.17) is 0 Å². The molecule has 2 atom stereocenters. The summed E-state index contributed by atoms with van der Waals surface area (Å²) in [4.78, 5) is 41.4. The Hall–Kier alpha value is -2.52. The van der Waals surface area contributed by atoms with Crippen LogP contribution < -0.4 is 10.6 Å². The number of nitrogens with zero attached hydrogens (tertiary/aromatic N) is 1. The molecule has 1 fully saturated rings. The van der Waals surface area contributed by atoms with Crippen LogP contribution in [0.2, 0.25) is 0 Å². The number of hydrogen-bond acceptors (Lipinski definition) is 5. The molecule has 0 saturated carbocycles. The summed E-state index contributed by atoms with van der Waals surface area (Å²) in [7, 11) is 0. The number of carbonyl (C=O) groups is 3. The zero-order chi connectivity index (χ0) is 20.8. The van der Waals surface area contributed by atoms with Crippen LogP contribution in [-0.4, -0.2) is 70.1 Å². The number of aromatic nitrogens is 1. The Morgan fingerprint density at radius 2 is 2.14 bits per heavy atom. The van der Waals surface area contributed by atoms with Gasteiger partial charge in [-0.2, -0.15) is 11.8 Å². The van der Waals surface area contributed by atoms with Gasteiger partial charge in [-0.05, 0) is 36.5 Å². The summed E-state index contributed by atoms with van der Waals surface area (Å²) < 4.78 is 0. The standard InChI is InChI=1S/C20H26N4O4S/c1-29-9-7-14(12-25)22-18(26)10-17-19(27)24(20(28)23-17)8-6-13-11-21-16-5-3-2-4-15(13)16/h2-5,11,14,17,21,25H,6-10,12H2,1H3,(H,22,26)(H,23,28)/t14-,17-/m0/s1. The third-order valence-electron chi connectivity index (χ3n) is 5.03. The van der Waals surface area contributed by atoms with Crippen LogP contribution in [0.3, 0.4) is 0 Å². The fourth-order valence-corrected chi connectivity index (χ4v) is 3.96. The van der Waals surface area contributed by atoms with Crippen molar-refractivity contribution in [2.45, 2.75) is 31.3 Å². The Balaban J connectivity index is 1.54. The molecule has 3 rings (SSSR count). The molecule has 1 aromatic carbocycles. The second kappa shape index (κ2) is 9.80. The van der Waals surface area contributed by atoms with E-state index in [1.807, 2.05) is 36.7 Å². The van der Waals surface area contributed by atoms with E-state index in [0.717, 1.165) is 27.1 Å². The fraction of sp³-hybridized carbons (Fsp3) is 0.450. The largest absolute Gasteiger partial charge is 0.394 e. The van der Waals surface area contributed by atoms with E-state index in [-0.39, 0.29) is 31.5 Å². The van der Waals surface area contributed by atoms with Gasteiger partial charge in [0.05, 0.1) is 19.1 Å². The van der Waals surface area contributed by atoms with Gasteiger partial charge in [-0.25, -0.2) is 4.79 Å². The number of aromatic amines is 1. The predicted molar refractivity (Wildman–Crippen MR) is 113 cm³/mol. The lowest BCUT2D eigenvalue weighted by atomic mass is 10.1. The molecule has 1 saturated heterocycles. The van der Waals surface area contributed by atoms with Crippen molar-refractivity contribution >= 4 is 40.5 Å². The Bertz CT molecular complexity index is 884. The fourth-order valence-electron chi connectivity index (χ4n) is 3.44. The second-order valence-electron chi connectivity index (χ2n) is 7.03. The summed E-state index contributed by atoms with van der Waals surface area (Å²) in [6.45, 7) is 0.0889. The van der Waals surface area contributed by atoms with Crippen LogP contribution in [0.15, 0.2) is 30.5 Å². The number of benzene rings is 1. The van der Waals surface area contributed by atoms with E-state index in [9.17, 15) is 19.5 Å². The predicted octanol–water partition coefficient (Wildman–Crippen LogP) is 1.25. The minimum Gasteiger partial charge on any atom is -0.394 e. The van der Waals surface area contributed by atoms with Gasteiger partial charge in [0.15, 0.2) is 0 Å². The number of amides is 4. The highest BCUT2D eigenvalue weighted by Gasteiger charge is 2.38. The average Bonchev–Trinajstić information content (AvgIpc) is 3.24. The molecular weight excluding hydrogens is 392 g/mol. The van der Waals surface area contributed by atoms with Crippen molar-refractivity contribution in [2.24, 2.45) is 0 Å². The van der Waals surface area contributed by atoms with Crippen molar-refractivity contribution in [1.29, 1.82) is 0 Å². The van der Waals surface area contributed by atoms with Crippen LogP contribution in [0.1, 0.15) is 18.4 Å². The first-order valence-electron chi connectivity index (χ1n) is 9.59. The van der Waals surface area contributed by atoms with E-state index in [2.05, 4.69) is 15.6 Å². The van der Waals surface area contributed by atoms with Gasteiger partial charge in [0.25, 0.3) is 5.91 Å². The van der Waals surface area contributed by atoms with E-state index in [0.29, 0.717) is 12.8 Å². The summed E-state index contributed by atoms with van der Waals surface area (Å²) >= 11 is 1.63. The van der Waals surface area contributed by atoms with E-state index >= 15 is 0 Å². The lowest BCUT2D eigenvalue weighted by Crippen LogP contribution is -2.42. The highest BCUT2D eigenvalue weighted by molar-refractivity contribution is 7.98. The highest BCUT2D eigenvalue weighted by Crippen LogP contribution is 2.19. The number of H-pyrrole nitrogens is 1. The lowest BCUT2D eigenvalue weighted by Gasteiger charge is -2.17. The van der Waals surface area contributed by atoms with Crippen LogP contribution in [0.4, 0.5) is 4.79 Å². The maximum atomic E-state index is 12.6. The van der Waals surface area contributed by atoms with Crippen LogP contribution >= 0.6 is 11.8 Å². The van der Waals surface area contributed by atoms with Crippen molar-refractivity contribution in [3.63, 3.8) is 0 Å². The molecule has 2 heterocycles. The number of fused-ring (bicyclic) bond motifs is 1. The summed E-state index contributed by atoms with van der Waals surface area (Å²) in [6.07, 6.45) is 4.88. The summed E-state index contributed by atoms with van der Waals surface area (Å²) in [5.74, 6) is 0.0589. The molecular formula is C20H26N4O4S. The molecule has 4 amide bonds. The number of urea groups is 1. The minimum absolute atomic E-state index is 0.135. The van der Waals surface area contributed by atoms with Gasteiger partial charge >= 0.3 is 6.03 Å². The molecule has 29 heavy (non-hydrogen) atoms. The summed E-state index contributed by atoms with van der Waals surface area (Å²) in [6, 6.07) is 6.16. The van der Waals surface area contributed by atoms with E-state index in [1.54, 1.807) is 11.8 Å². The van der Waals surface area contributed by atoms with Gasteiger partial charge in [0, 0.05) is 23.6 Å². The van der Waals surface area contributed by atoms with Crippen LogP contribution in [0.25, 0.3) is 10.9 Å². The molecule has 8 nitrogen and oxygen atoms in total. The average molecular weight is 419 g/mol. The molecule has 0 unspecified atom stereocenters. The van der Waals surface area contributed by atoms with E-state index in [1.165, 1.54) is 0 Å². The van der Waals surface area contributed by atoms with Gasteiger partial charge < -0.3 is 20.7 Å². The number of aliphatic hydroxyl groups excluding tert-OH is 1. The van der Waals surface area contributed by atoms with E-state index < -0.39 is 18.0 Å². The number of imide groups is 1. The van der Waals surface area contributed by atoms with Gasteiger partial charge in [0.2, 0.25) is 5.91 Å². The lowest BCUT2D eigenvalue weighted by molar-refractivity contribution is -0.131. The molecule has 4 N–H and O–H groups in total. The summed E-state index contributed by atoms with van der Waals surface area (Å²) in [5.41, 5.74) is 2.04. The molecule has 156 valence electrons. The monoisotopic (exact) mass is 418 g/mol. The minimum atomic E-state index is -0.870. The molecule has 1 aliphatic heterocycles. The zero-order valence-electron chi connectivity index (χ0n) is 16.3. The van der Waals surface area contributed by atoms with Gasteiger partial charge in [-0.3, -0.25) is 14.5 Å². The number of hydrogen-bond donors (Lipinski definition) is 4. The number of thioether (sulfide) groups is 1. The highest BCUT2D eigenvalue weighted by atomic mass is 32.2. The molecule has 0 spiro atoms. The molecule has 2 aromatic rings. The molecule has 0 aliphatic carbocycles. The number of aliphatic hydroxyl groups is 1. The molecule has 9 heteroatoms. The van der Waals surface area contributed by atoms with Crippen molar-refractivity contribution in [1.82, 2.24) is 20.5 Å². The van der Waals surface area contributed by atoms with Crippen LogP contribution in [0, 0.1) is 0 Å². The first kappa shape index (κ1) is 21.2. The Morgan fingerprint density at radius 3 is 2.90 bits per heavy atom. The maximum absolute atomic E-state index is 12.6. The van der Waals surface area contributed by atoms with Crippen molar-refractivity contribution in [2.75, 3.05) is 25.2 Å². The Labute approximate surface area is 173 Å². The second-order valence-corrected chi connectivity index (χ2v) is 8.02. The summed E-state index contributed by atoms with van der Waals surface area (Å²) in [5, 5.41) is 15.7. The van der Waals surface area contributed by atoms with Crippen molar-refractivity contribution in [3.05, 3.63) is 36.0 Å².